The van der Waals surface area contributed by atoms with Crippen molar-refractivity contribution in [2.45, 2.75) is 13.3 Å². The Morgan fingerprint density at radius 1 is 1.17 bits per heavy atom. The molecule has 2 aliphatic heterocycles. The SMILES string of the molecule is Cc1ccc(N2CC(C(=O)NNC(=O)c3csc(N4CCOCC4)n3)CC2=O)cc1. The maximum absolute atomic E-state index is 12.5. The second kappa shape index (κ2) is 8.80. The minimum absolute atomic E-state index is 0.105. The van der Waals surface area contributed by atoms with E-state index in [1.165, 1.54) is 11.3 Å². The van der Waals surface area contributed by atoms with E-state index in [-0.39, 0.29) is 24.6 Å². The number of anilines is 2. The number of rotatable bonds is 4. The number of amides is 3. The van der Waals surface area contributed by atoms with Crippen molar-refractivity contribution in [2.75, 3.05) is 42.6 Å². The molecule has 1 aromatic heterocycles. The van der Waals surface area contributed by atoms with Crippen LogP contribution in [-0.4, -0.2) is 55.6 Å². The predicted molar refractivity (Wildman–Crippen MR) is 112 cm³/mol. The van der Waals surface area contributed by atoms with Gasteiger partial charge in [0.25, 0.3) is 5.91 Å². The molecule has 0 saturated carbocycles. The van der Waals surface area contributed by atoms with Gasteiger partial charge in [0, 0.05) is 37.1 Å². The maximum Gasteiger partial charge on any atom is 0.289 e. The monoisotopic (exact) mass is 429 g/mol. The van der Waals surface area contributed by atoms with Gasteiger partial charge < -0.3 is 14.5 Å². The average Bonchev–Trinajstić information content (AvgIpc) is 3.40. The van der Waals surface area contributed by atoms with Crippen molar-refractivity contribution >= 4 is 39.9 Å². The van der Waals surface area contributed by atoms with Gasteiger partial charge in [-0.2, -0.15) is 0 Å². The van der Waals surface area contributed by atoms with Crippen LogP contribution in [0.4, 0.5) is 10.8 Å². The van der Waals surface area contributed by atoms with E-state index in [0.717, 1.165) is 29.5 Å². The number of hydrogen-bond acceptors (Lipinski definition) is 7. The molecule has 2 aliphatic rings. The van der Waals surface area contributed by atoms with Crippen molar-refractivity contribution in [1.29, 1.82) is 0 Å². The number of morpholine rings is 1. The van der Waals surface area contributed by atoms with Crippen molar-refractivity contribution in [3.63, 3.8) is 0 Å². The first-order chi connectivity index (χ1) is 14.5. The summed E-state index contributed by atoms with van der Waals surface area (Å²) in [6, 6.07) is 7.58. The lowest BCUT2D eigenvalue weighted by Crippen LogP contribution is -2.45. The third kappa shape index (κ3) is 4.44. The second-order valence-corrected chi connectivity index (χ2v) is 8.14. The minimum atomic E-state index is -0.529. The van der Waals surface area contributed by atoms with Crippen LogP contribution in [0, 0.1) is 12.8 Å². The molecule has 9 nitrogen and oxygen atoms in total. The van der Waals surface area contributed by atoms with Crippen LogP contribution < -0.4 is 20.7 Å². The van der Waals surface area contributed by atoms with Gasteiger partial charge in [0.1, 0.15) is 5.69 Å². The van der Waals surface area contributed by atoms with Crippen molar-refractivity contribution in [3.05, 3.63) is 40.9 Å². The maximum atomic E-state index is 12.5. The lowest BCUT2D eigenvalue weighted by molar-refractivity contribution is -0.126. The third-order valence-electron chi connectivity index (χ3n) is 5.15. The van der Waals surface area contributed by atoms with Gasteiger partial charge in [-0.25, -0.2) is 4.98 Å². The molecule has 0 aliphatic carbocycles. The molecule has 1 aromatic carbocycles. The number of carbonyl (C=O) groups is 3. The summed E-state index contributed by atoms with van der Waals surface area (Å²) in [6.07, 6.45) is 0.105. The lowest BCUT2D eigenvalue weighted by atomic mass is 10.1. The lowest BCUT2D eigenvalue weighted by Gasteiger charge is -2.25. The summed E-state index contributed by atoms with van der Waals surface area (Å²) in [5.41, 5.74) is 6.93. The highest BCUT2D eigenvalue weighted by molar-refractivity contribution is 7.13. The van der Waals surface area contributed by atoms with E-state index < -0.39 is 17.7 Å². The summed E-state index contributed by atoms with van der Waals surface area (Å²) >= 11 is 1.38. The first kappa shape index (κ1) is 20.3. The van der Waals surface area contributed by atoms with Crippen molar-refractivity contribution in [3.8, 4) is 0 Å². The van der Waals surface area contributed by atoms with E-state index in [9.17, 15) is 14.4 Å². The van der Waals surface area contributed by atoms with Crippen molar-refractivity contribution in [1.82, 2.24) is 15.8 Å². The molecule has 158 valence electrons. The van der Waals surface area contributed by atoms with Crippen molar-refractivity contribution in [2.24, 2.45) is 5.92 Å². The number of nitrogens with one attached hydrogen (secondary N) is 2. The Labute approximate surface area is 178 Å². The van der Waals surface area contributed by atoms with Crippen LogP contribution in [0.2, 0.25) is 0 Å². The molecule has 2 fully saturated rings. The van der Waals surface area contributed by atoms with Crippen LogP contribution in [0.25, 0.3) is 0 Å². The fourth-order valence-electron chi connectivity index (χ4n) is 3.41. The normalized spacial score (nSPS) is 19.1. The van der Waals surface area contributed by atoms with Gasteiger partial charge in [-0.1, -0.05) is 17.7 Å². The Morgan fingerprint density at radius 3 is 2.63 bits per heavy atom. The molecule has 0 spiro atoms. The number of hydrogen-bond donors (Lipinski definition) is 2. The molecule has 10 heteroatoms. The number of thiazole rings is 1. The van der Waals surface area contributed by atoms with E-state index in [1.807, 2.05) is 31.2 Å². The van der Waals surface area contributed by atoms with Crippen LogP contribution >= 0.6 is 11.3 Å². The second-order valence-electron chi connectivity index (χ2n) is 7.30. The highest BCUT2D eigenvalue weighted by Gasteiger charge is 2.35. The molecule has 2 aromatic rings. The van der Waals surface area contributed by atoms with E-state index in [0.29, 0.717) is 13.2 Å². The highest BCUT2D eigenvalue weighted by atomic mass is 32.1. The number of nitrogens with zero attached hydrogens (tertiary/aromatic N) is 3. The molecular formula is C20H23N5O4S. The van der Waals surface area contributed by atoms with Gasteiger partial charge in [-0.3, -0.25) is 25.2 Å². The fourth-order valence-corrected chi connectivity index (χ4v) is 4.27. The first-order valence-corrected chi connectivity index (χ1v) is 10.6. The summed E-state index contributed by atoms with van der Waals surface area (Å²) in [4.78, 5) is 45.1. The number of carbonyl (C=O) groups excluding carboxylic acids is 3. The first-order valence-electron chi connectivity index (χ1n) is 9.77. The number of aromatic nitrogens is 1. The Balaban J connectivity index is 1.30. The summed E-state index contributed by atoms with van der Waals surface area (Å²) < 4.78 is 5.32. The zero-order valence-electron chi connectivity index (χ0n) is 16.6. The van der Waals surface area contributed by atoms with E-state index in [1.54, 1.807) is 10.3 Å². The smallest absolute Gasteiger partial charge is 0.289 e. The van der Waals surface area contributed by atoms with E-state index in [2.05, 4.69) is 20.7 Å². The number of ether oxygens (including phenoxy) is 1. The van der Waals surface area contributed by atoms with Gasteiger partial charge in [0.15, 0.2) is 5.13 Å². The Bertz CT molecular complexity index is 939. The zero-order valence-corrected chi connectivity index (χ0v) is 17.4. The summed E-state index contributed by atoms with van der Waals surface area (Å²) in [5.74, 6) is -1.52. The molecule has 2 saturated heterocycles. The van der Waals surface area contributed by atoms with Gasteiger partial charge in [-0.05, 0) is 19.1 Å². The number of aryl methyl sites for hydroxylation is 1. The van der Waals surface area contributed by atoms with E-state index >= 15 is 0 Å². The quantitative estimate of drug-likeness (QED) is 0.706. The fraction of sp³-hybridized carbons (Fsp3) is 0.400. The zero-order chi connectivity index (χ0) is 21.1. The third-order valence-corrected chi connectivity index (χ3v) is 6.05. The average molecular weight is 430 g/mol. The molecular weight excluding hydrogens is 406 g/mol. The summed E-state index contributed by atoms with van der Waals surface area (Å²) in [5, 5.41) is 2.41. The molecule has 1 atom stereocenters. The molecule has 3 heterocycles. The van der Waals surface area contributed by atoms with Crippen LogP contribution in [0.1, 0.15) is 22.5 Å². The molecule has 1 unspecified atom stereocenters. The molecule has 0 radical (unpaired) electrons. The van der Waals surface area contributed by atoms with Gasteiger partial charge in [-0.15, -0.1) is 11.3 Å². The predicted octanol–water partition coefficient (Wildman–Crippen LogP) is 1.10. The number of benzene rings is 1. The minimum Gasteiger partial charge on any atom is -0.378 e. The summed E-state index contributed by atoms with van der Waals surface area (Å²) in [7, 11) is 0. The van der Waals surface area contributed by atoms with Crippen LogP contribution in [0.5, 0.6) is 0 Å². The molecule has 30 heavy (non-hydrogen) atoms. The molecule has 4 rings (SSSR count). The van der Waals surface area contributed by atoms with Gasteiger partial charge in [0.05, 0.1) is 19.1 Å². The molecule has 3 amide bonds. The topological polar surface area (TPSA) is 104 Å². The number of hydrazine groups is 1. The molecule has 2 N–H and O–H groups in total. The van der Waals surface area contributed by atoms with Crippen LogP contribution in [0.15, 0.2) is 29.6 Å². The largest absolute Gasteiger partial charge is 0.378 e. The van der Waals surface area contributed by atoms with Gasteiger partial charge >= 0.3 is 0 Å². The Hall–Kier alpha value is -2.98. The van der Waals surface area contributed by atoms with Gasteiger partial charge in [0.2, 0.25) is 11.8 Å². The standard InChI is InChI=1S/C20H23N5O4S/c1-13-2-4-15(5-3-13)25-11-14(10-17(25)26)18(27)22-23-19(28)16-12-30-20(21-16)24-6-8-29-9-7-24/h2-5,12,14H,6-11H2,1H3,(H,22,27)(H,23,28). The van der Waals surface area contributed by atoms with Crippen molar-refractivity contribution < 1.29 is 19.1 Å². The highest BCUT2D eigenvalue weighted by Crippen LogP contribution is 2.25. The van der Waals surface area contributed by atoms with Crippen LogP contribution in [-0.2, 0) is 14.3 Å². The summed E-state index contributed by atoms with van der Waals surface area (Å²) in [6.45, 7) is 4.99. The molecule has 0 bridgehead atoms. The Morgan fingerprint density at radius 2 is 1.90 bits per heavy atom. The van der Waals surface area contributed by atoms with Crippen LogP contribution in [0.3, 0.4) is 0 Å². The Kier molecular flexibility index (Phi) is 5.96. The van der Waals surface area contributed by atoms with E-state index in [4.69, 9.17) is 4.74 Å².